The number of hydrogen-bond donors (Lipinski definition) is 1. The Labute approximate surface area is 104 Å². The maximum absolute atomic E-state index is 13.2. The molecular formula is C11H13ClF2N2O. The predicted molar refractivity (Wildman–Crippen MR) is 60.2 cm³/mol. The van der Waals surface area contributed by atoms with Crippen molar-refractivity contribution >= 4 is 12.4 Å². The molecule has 2 unspecified atom stereocenters. The van der Waals surface area contributed by atoms with Gasteiger partial charge in [-0.05, 0) is 31.0 Å². The topological polar surface area (TPSA) is 34.1 Å². The molecule has 3 nitrogen and oxygen atoms in total. The van der Waals surface area contributed by atoms with Crippen molar-refractivity contribution in [2.45, 2.75) is 0 Å². The van der Waals surface area contributed by atoms with Gasteiger partial charge in [-0.3, -0.25) is 0 Å². The Balaban J connectivity index is 0.00000108. The molecule has 1 saturated carbocycles. The monoisotopic (exact) mass is 262 g/mol. The van der Waals surface area contributed by atoms with Gasteiger partial charge in [-0.15, -0.1) is 12.4 Å². The van der Waals surface area contributed by atoms with Crippen molar-refractivity contribution in [3.8, 4) is 5.88 Å². The molecule has 3 rings (SSSR count). The number of ether oxygens (including phenoxy) is 1. The fourth-order valence-electron chi connectivity index (χ4n) is 2.47. The fraction of sp³-hybridized carbons (Fsp3) is 0.545. The van der Waals surface area contributed by atoms with Crippen LogP contribution in [-0.2, 0) is 0 Å². The van der Waals surface area contributed by atoms with E-state index in [9.17, 15) is 8.78 Å². The van der Waals surface area contributed by atoms with Crippen LogP contribution in [0.3, 0.4) is 0 Å². The zero-order valence-electron chi connectivity index (χ0n) is 9.03. The Bertz CT molecular complexity index is 408. The number of nitrogens with zero attached hydrogens (tertiary/aromatic N) is 1. The standard InChI is InChI=1S/C11H12F2N2O.ClH/c12-9-1-2-15-11(10(9)13)16-5-8-6-3-14-4-7(6)8;/h1-2,6-8,14H,3-5H2;1H. The largest absolute Gasteiger partial charge is 0.475 e. The van der Waals surface area contributed by atoms with Gasteiger partial charge in [0.1, 0.15) is 0 Å². The maximum atomic E-state index is 13.2. The van der Waals surface area contributed by atoms with Gasteiger partial charge in [-0.1, -0.05) is 0 Å². The van der Waals surface area contributed by atoms with Crippen molar-refractivity contribution in [1.29, 1.82) is 0 Å². The quantitative estimate of drug-likeness (QED) is 0.899. The molecular weight excluding hydrogens is 250 g/mol. The third-order valence-corrected chi connectivity index (χ3v) is 3.49. The summed E-state index contributed by atoms with van der Waals surface area (Å²) in [7, 11) is 0. The van der Waals surface area contributed by atoms with Crippen LogP contribution in [0.15, 0.2) is 12.3 Å². The van der Waals surface area contributed by atoms with E-state index in [0.717, 1.165) is 19.2 Å². The van der Waals surface area contributed by atoms with E-state index in [1.807, 2.05) is 0 Å². The van der Waals surface area contributed by atoms with Crippen LogP contribution in [0, 0.1) is 29.4 Å². The molecule has 1 saturated heterocycles. The highest BCUT2D eigenvalue weighted by molar-refractivity contribution is 5.85. The lowest BCUT2D eigenvalue weighted by atomic mass is 10.3. The number of pyridine rings is 1. The summed E-state index contributed by atoms with van der Waals surface area (Å²) in [5, 5.41) is 3.27. The molecule has 2 aliphatic rings. The molecule has 1 aliphatic carbocycles. The second-order valence-corrected chi connectivity index (χ2v) is 4.37. The van der Waals surface area contributed by atoms with E-state index in [4.69, 9.17) is 4.74 Å². The molecule has 1 N–H and O–H groups in total. The van der Waals surface area contributed by atoms with Crippen molar-refractivity contribution in [2.24, 2.45) is 17.8 Å². The summed E-state index contributed by atoms with van der Waals surface area (Å²) in [6.45, 7) is 2.46. The Morgan fingerprint density at radius 1 is 1.35 bits per heavy atom. The Hall–Kier alpha value is -0.940. The predicted octanol–water partition coefficient (Wildman–Crippen LogP) is 1.63. The third-order valence-electron chi connectivity index (χ3n) is 3.49. The van der Waals surface area contributed by atoms with Gasteiger partial charge in [-0.2, -0.15) is 4.39 Å². The Morgan fingerprint density at radius 2 is 2.06 bits per heavy atom. The van der Waals surface area contributed by atoms with Crippen LogP contribution in [0.1, 0.15) is 0 Å². The summed E-state index contributed by atoms with van der Waals surface area (Å²) in [6.07, 6.45) is 1.21. The molecule has 1 aliphatic heterocycles. The highest BCUT2D eigenvalue weighted by Gasteiger charge is 2.53. The van der Waals surface area contributed by atoms with Gasteiger partial charge in [0.15, 0.2) is 5.82 Å². The first-order valence-corrected chi connectivity index (χ1v) is 5.41. The van der Waals surface area contributed by atoms with Crippen LogP contribution < -0.4 is 10.1 Å². The zero-order chi connectivity index (χ0) is 11.1. The van der Waals surface area contributed by atoms with Gasteiger partial charge in [0.2, 0.25) is 5.82 Å². The Morgan fingerprint density at radius 3 is 2.76 bits per heavy atom. The first-order valence-electron chi connectivity index (χ1n) is 5.41. The van der Waals surface area contributed by atoms with Crippen LogP contribution in [0.25, 0.3) is 0 Å². The van der Waals surface area contributed by atoms with Crippen LogP contribution in [0.2, 0.25) is 0 Å². The van der Waals surface area contributed by atoms with Crippen LogP contribution in [-0.4, -0.2) is 24.7 Å². The minimum Gasteiger partial charge on any atom is -0.475 e. The third kappa shape index (κ3) is 2.21. The second kappa shape index (κ2) is 4.74. The summed E-state index contributed by atoms with van der Waals surface area (Å²) >= 11 is 0. The molecule has 6 heteroatoms. The van der Waals surface area contributed by atoms with Crippen molar-refractivity contribution < 1.29 is 13.5 Å². The molecule has 0 spiro atoms. The number of hydrogen-bond acceptors (Lipinski definition) is 3. The zero-order valence-corrected chi connectivity index (χ0v) is 9.84. The molecule has 0 radical (unpaired) electrons. The van der Waals surface area contributed by atoms with E-state index in [1.54, 1.807) is 0 Å². The summed E-state index contributed by atoms with van der Waals surface area (Å²) in [4.78, 5) is 3.68. The summed E-state index contributed by atoms with van der Waals surface area (Å²) in [5.74, 6) is -0.356. The summed E-state index contributed by atoms with van der Waals surface area (Å²) in [5.41, 5.74) is 0. The molecule has 94 valence electrons. The number of nitrogens with one attached hydrogen (secondary N) is 1. The SMILES string of the molecule is Cl.Fc1ccnc(OCC2C3CNCC32)c1F. The molecule has 2 heterocycles. The van der Waals surface area contributed by atoms with Gasteiger partial charge in [0.05, 0.1) is 6.61 Å². The molecule has 0 aromatic carbocycles. The number of rotatable bonds is 3. The van der Waals surface area contributed by atoms with Gasteiger partial charge >= 0.3 is 0 Å². The number of piperidine rings is 1. The molecule has 2 atom stereocenters. The van der Waals surface area contributed by atoms with E-state index in [1.165, 1.54) is 6.20 Å². The first-order chi connectivity index (χ1) is 7.77. The fourth-order valence-corrected chi connectivity index (χ4v) is 2.47. The molecule has 0 bridgehead atoms. The lowest BCUT2D eigenvalue weighted by Gasteiger charge is -2.07. The van der Waals surface area contributed by atoms with Crippen molar-refractivity contribution in [2.75, 3.05) is 19.7 Å². The van der Waals surface area contributed by atoms with E-state index in [-0.39, 0.29) is 18.3 Å². The summed E-state index contributed by atoms with van der Waals surface area (Å²) < 4.78 is 31.3. The molecule has 0 amide bonds. The number of fused-ring (bicyclic) bond motifs is 1. The number of halogens is 3. The highest BCUT2D eigenvalue weighted by atomic mass is 35.5. The lowest BCUT2D eigenvalue weighted by Crippen LogP contribution is -2.18. The van der Waals surface area contributed by atoms with Crippen molar-refractivity contribution in [3.05, 3.63) is 23.9 Å². The van der Waals surface area contributed by atoms with Crippen molar-refractivity contribution in [3.63, 3.8) is 0 Å². The number of aromatic nitrogens is 1. The highest BCUT2D eigenvalue weighted by Crippen LogP contribution is 2.48. The normalized spacial score (nSPS) is 29.4. The minimum atomic E-state index is -0.994. The second-order valence-electron chi connectivity index (χ2n) is 4.37. The van der Waals surface area contributed by atoms with E-state index < -0.39 is 11.6 Å². The molecule has 1 aromatic heterocycles. The van der Waals surface area contributed by atoms with Crippen LogP contribution in [0.5, 0.6) is 5.88 Å². The average Bonchev–Trinajstić information content (AvgIpc) is 2.73. The van der Waals surface area contributed by atoms with Gasteiger partial charge in [-0.25, -0.2) is 9.37 Å². The van der Waals surface area contributed by atoms with Crippen molar-refractivity contribution in [1.82, 2.24) is 10.3 Å². The van der Waals surface area contributed by atoms with E-state index >= 15 is 0 Å². The van der Waals surface area contributed by atoms with Gasteiger partial charge in [0, 0.05) is 12.1 Å². The molecule has 1 aromatic rings. The van der Waals surface area contributed by atoms with Gasteiger partial charge < -0.3 is 10.1 Å². The van der Waals surface area contributed by atoms with Gasteiger partial charge in [0.25, 0.3) is 5.88 Å². The van der Waals surface area contributed by atoms with Crippen LogP contribution >= 0.6 is 12.4 Å². The maximum Gasteiger partial charge on any atom is 0.253 e. The minimum absolute atomic E-state index is 0. The lowest BCUT2D eigenvalue weighted by molar-refractivity contribution is 0.253. The molecule has 2 fully saturated rings. The van der Waals surface area contributed by atoms with E-state index in [2.05, 4.69) is 10.3 Å². The first kappa shape index (κ1) is 12.5. The Kier molecular flexibility index (Phi) is 3.49. The van der Waals surface area contributed by atoms with E-state index in [0.29, 0.717) is 24.4 Å². The smallest absolute Gasteiger partial charge is 0.253 e. The van der Waals surface area contributed by atoms with Crippen LogP contribution in [0.4, 0.5) is 8.78 Å². The summed E-state index contributed by atoms with van der Waals surface area (Å²) in [6, 6.07) is 0.984. The average molecular weight is 263 g/mol. The molecule has 17 heavy (non-hydrogen) atoms.